The number of methoxy groups -OCH3 is 1. The predicted octanol–water partition coefficient (Wildman–Crippen LogP) is 5.92. The van der Waals surface area contributed by atoms with Crippen molar-refractivity contribution in [1.82, 2.24) is 0 Å². The summed E-state index contributed by atoms with van der Waals surface area (Å²) in [5, 5.41) is 5.25. The Kier molecular flexibility index (Phi) is 5.28. The van der Waals surface area contributed by atoms with Gasteiger partial charge in [-0.25, -0.2) is 0 Å². The lowest BCUT2D eigenvalue weighted by Crippen LogP contribution is -2.01. The molecule has 2 nitrogen and oxygen atoms in total. The van der Waals surface area contributed by atoms with E-state index >= 15 is 0 Å². The fourth-order valence-corrected chi connectivity index (χ4v) is 2.57. The van der Waals surface area contributed by atoms with Gasteiger partial charge in [0, 0.05) is 28.9 Å². The summed E-state index contributed by atoms with van der Waals surface area (Å²) in [5.41, 5.74) is 1.59. The van der Waals surface area contributed by atoms with E-state index in [-0.39, 0.29) is 0 Å². The average Bonchev–Trinajstić information content (AvgIpc) is 2.44. The van der Waals surface area contributed by atoms with Gasteiger partial charge in [-0.05, 0) is 24.3 Å². The fraction of sp³-hybridized carbons (Fsp3) is 0.143. The monoisotopic (exact) mass is 349 g/mol. The molecule has 0 aliphatic heterocycles. The Labute approximate surface area is 137 Å². The molecule has 6 heteroatoms. The van der Waals surface area contributed by atoms with E-state index in [1.165, 1.54) is 0 Å². The molecule has 0 amide bonds. The summed E-state index contributed by atoms with van der Waals surface area (Å²) < 4.78 is 5.16. The molecule has 0 unspecified atom stereocenters. The van der Waals surface area contributed by atoms with Crippen LogP contribution < -0.4 is 10.1 Å². The number of benzene rings is 2. The highest BCUT2D eigenvalue weighted by atomic mass is 35.5. The van der Waals surface area contributed by atoms with Crippen molar-refractivity contribution in [2.75, 3.05) is 12.4 Å². The SMILES string of the molecule is COc1cc(NCc2c(Cl)ccc(Cl)c2Cl)ccc1Cl. The Morgan fingerprint density at radius 2 is 1.60 bits per heavy atom. The summed E-state index contributed by atoms with van der Waals surface area (Å²) in [4.78, 5) is 0. The number of rotatable bonds is 4. The smallest absolute Gasteiger partial charge is 0.139 e. The molecule has 0 aromatic heterocycles. The second kappa shape index (κ2) is 6.77. The van der Waals surface area contributed by atoms with Crippen LogP contribution in [0.25, 0.3) is 0 Å². The first kappa shape index (κ1) is 15.6. The lowest BCUT2D eigenvalue weighted by atomic mass is 10.2. The molecule has 0 aliphatic rings. The third-order valence-electron chi connectivity index (χ3n) is 2.76. The number of hydrogen-bond acceptors (Lipinski definition) is 2. The van der Waals surface area contributed by atoms with E-state index in [4.69, 9.17) is 51.1 Å². The van der Waals surface area contributed by atoms with Gasteiger partial charge in [0.2, 0.25) is 0 Å². The lowest BCUT2D eigenvalue weighted by molar-refractivity contribution is 0.415. The minimum atomic E-state index is 0.447. The minimum absolute atomic E-state index is 0.447. The number of halogens is 4. The Bertz CT molecular complexity index is 631. The maximum atomic E-state index is 6.15. The van der Waals surface area contributed by atoms with E-state index in [2.05, 4.69) is 5.32 Å². The molecule has 0 heterocycles. The van der Waals surface area contributed by atoms with Gasteiger partial charge in [-0.2, -0.15) is 0 Å². The molecule has 0 aliphatic carbocycles. The van der Waals surface area contributed by atoms with Crippen molar-refractivity contribution < 1.29 is 4.74 Å². The van der Waals surface area contributed by atoms with E-state index in [1.807, 2.05) is 6.07 Å². The summed E-state index contributed by atoms with van der Waals surface area (Å²) in [5.74, 6) is 0.597. The standard InChI is InChI=1S/C14H11Cl4NO/c1-20-13-6-8(2-3-11(13)16)19-7-9-10(15)4-5-12(17)14(9)18/h2-6,19H,7H2,1H3. The van der Waals surface area contributed by atoms with Crippen LogP contribution in [0.5, 0.6) is 5.75 Å². The van der Waals surface area contributed by atoms with Crippen molar-refractivity contribution in [3.63, 3.8) is 0 Å². The van der Waals surface area contributed by atoms with E-state index in [0.29, 0.717) is 32.4 Å². The second-order valence-corrected chi connectivity index (χ2v) is 5.62. The quantitative estimate of drug-likeness (QED) is 0.691. The van der Waals surface area contributed by atoms with Crippen molar-refractivity contribution in [1.29, 1.82) is 0 Å². The summed E-state index contributed by atoms with van der Waals surface area (Å²) in [6.07, 6.45) is 0. The van der Waals surface area contributed by atoms with E-state index < -0.39 is 0 Å². The topological polar surface area (TPSA) is 21.3 Å². The highest BCUT2D eigenvalue weighted by Gasteiger charge is 2.10. The Morgan fingerprint density at radius 1 is 0.950 bits per heavy atom. The van der Waals surface area contributed by atoms with E-state index in [9.17, 15) is 0 Å². The maximum Gasteiger partial charge on any atom is 0.139 e. The van der Waals surface area contributed by atoms with E-state index in [0.717, 1.165) is 11.3 Å². The summed E-state index contributed by atoms with van der Waals surface area (Å²) in [7, 11) is 1.57. The molecule has 2 aromatic rings. The van der Waals surface area contributed by atoms with Crippen LogP contribution >= 0.6 is 46.4 Å². The average molecular weight is 351 g/mol. The largest absolute Gasteiger partial charge is 0.495 e. The van der Waals surface area contributed by atoms with Crippen LogP contribution in [-0.4, -0.2) is 7.11 Å². The van der Waals surface area contributed by atoms with Crippen LogP contribution in [0.15, 0.2) is 30.3 Å². The van der Waals surface area contributed by atoms with Crippen molar-refractivity contribution >= 4 is 52.1 Å². The zero-order chi connectivity index (χ0) is 14.7. The maximum absolute atomic E-state index is 6.15. The summed E-state index contributed by atoms with van der Waals surface area (Å²) in [6, 6.07) is 8.78. The van der Waals surface area contributed by atoms with Crippen molar-refractivity contribution in [2.45, 2.75) is 6.54 Å². The molecule has 0 radical (unpaired) electrons. The van der Waals surface area contributed by atoms with Gasteiger partial charge >= 0.3 is 0 Å². The summed E-state index contributed by atoms with van der Waals surface area (Å²) in [6.45, 7) is 0.447. The minimum Gasteiger partial charge on any atom is -0.495 e. The van der Waals surface area contributed by atoms with Gasteiger partial charge in [0.1, 0.15) is 5.75 Å². The molecular formula is C14H11Cl4NO. The lowest BCUT2D eigenvalue weighted by Gasteiger charge is -2.12. The molecule has 2 rings (SSSR count). The fourth-order valence-electron chi connectivity index (χ4n) is 1.69. The normalized spacial score (nSPS) is 10.4. The molecule has 2 aromatic carbocycles. The van der Waals surface area contributed by atoms with Crippen molar-refractivity contribution in [3.8, 4) is 5.75 Å². The molecule has 106 valence electrons. The van der Waals surface area contributed by atoms with Crippen molar-refractivity contribution in [3.05, 3.63) is 56.0 Å². The number of nitrogens with one attached hydrogen (secondary N) is 1. The second-order valence-electron chi connectivity index (χ2n) is 4.02. The Hall–Kier alpha value is -0.800. The third-order valence-corrected chi connectivity index (χ3v) is 4.27. The van der Waals surface area contributed by atoms with Gasteiger partial charge in [0.05, 0.1) is 22.2 Å². The van der Waals surface area contributed by atoms with Crippen LogP contribution in [0.2, 0.25) is 20.1 Å². The van der Waals surface area contributed by atoms with Crippen LogP contribution in [0.4, 0.5) is 5.69 Å². The zero-order valence-electron chi connectivity index (χ0n) is 10.5. The van der Waals surface area contributed by atoms with Gasteiger partial charge in [-0.1, -0.05) is 46.4 Å². The first-order valence-corrected chi connectivity index (χ1v) is 7.24. The number of anilines is 1. The predicted molar refractivity (Wildman–Crippen MR) is 86.8 cm³/mol. The summed E-state index contributed by atoms with van der Waals surface area (Å²) >= 11 is 24.2. The molecule has 1 N–H and O–H groups in total. The molecule has 0 atom stereocenters. The van der Waals surface area contributed by atoms with Crippen LogP contribution in [0.1, 0.15) is 5.56 Å². The van der Waals surface area contributed by atoms with Crippen molar-refractivity contribution in [2.24, 2.45) is 0 Å². The first-order valence-electron chi connectivity index (χ1n) is 5.72. The number of ether oxygens (including phenoxy) is 1. The molecule has 0 spiro atoms. The molecule has 20 heavy (non-hydrogen) atoms. The molecular weight excluding hydrogens is 340 g/mol. The van der Waals surface area contributed by atoms with Gasteiger partial charge in [-0.15, -0.1) is 0 Å². The third kappa shape index (κ3) is 3.44. The highest BCUT2D eigenvalue weighted by Crippen LogP contribution is 2.33. The van der Waals surface area contributed by atoms with E-state index in [1.54, 1.807) is 31.4 Å². The number of hydrogen-bond donors (Lipinski definition) is 1. The van der Waals surface area contributed by atoms with Gasteiger partial charge < -0.3 is 10.1 Å². The zero-order valence-corrected chi connectivity index (χ0v) is 13.5. The highest BCUT2D eigenvalue weighted by molar-refractivity contribution is 6.44. The Morgan fingerprint density at radius 3 is 2.30 bits per heavy atom. The van der Waals surface area contributed by atoms with Gasteiger partial charge in [0.25, 0.3) is 0 Å². The molecule has 0 saturated carbocycles. The molecule has 0 bridgehead atoms. The molecule has 0 saturated heterocycles. The van der Waals surface area contributed by atoms with Crippen LogP contribution in [0, 0.1) is 0 Å². The van der Waals surface area contributed by atoms with Crippen LogP contribution in [0.3, 0.4) is 0 Å². The van der Waals surface area contributed by atoms with Crippen LogP contribution in [-0.2, 0) is 6.54 Å². The van der Waals surface area contributed by atoms with Gasteiger partial charge in [-0.3, -0.25) is 0 Å². The Balaban J connectivity index is 2.19. The molecule has 0 fully saturated rings. The van der Waals surface area contributed by atoms with Gasteiger partial charge in [0.15, 0.2) is 0 Å². The first-order chi connectivity index (χ1) is 9.52.